The van der Waals surface area contributed by atoms with E-state index in [1.54, 1.807) is 23.5 Å². The molecule has 0 aliphatic carbocycles. The molecule has 1 atom stereocenters. The summed E-state index contributed by atoms with van der Waals surface area (Å²) >= 11 is 1.70. The summed E-state index contributed by atoms with van der Waals surface area (Å²) in [6.45, 7) is 3.77. The molecule has 1 aromatic heterocycles. The number of carbonyl (C=O) groups is 1. The van der Waals surface area contributed by atoms with Gasteiger partial charge in [-0.15, -0.1) is 11.3 Å². The van der Waals surface area contributed by atoms with Gasteiger partial charge in [0.15, 0.2) is 11.5 Å². The summed E-state index contributed by atoms with van der Waals surface area (Å²) < 4.78 is 10.7. The molecule has 0 N–H and O–H groups in total. The number of amides is 1. The van der Waals surface area contributed by atoms with Gasteiger partial charge in [-0.1, -0.05) is 0 Å². The minimum Gasteiger partial charge on any atom is -0.454 e. The fraction of sp³-hybridized carbons (Fsp3) is 0.412. The summed E-state index contributed by atoms with van der Waals surface area (Å²) in [6.07, 6.45) is 2.11. The Morgan fingerprint density at radius 3 is 3.04 bits per heavy atom. The zero-order valence-electron chi connectivity index (χ0n) is 12.9. The van der Waals surface area contributed by atoms with Crippen molar-refractivity contribution in [1.29, 1.82) is 0 Å². The van der Waals surface area contributed by atoms with E-state index >= 15 is 0 Å². The summed E-state index contributed by atoms with van der Waals surface area (Å²) in [5.41, 5.74) is 1.72. The standard InChI is InChI=1S/C17H18N2O3S/c1-11-9-23-16(18-11)13-3-2-6-19(8-13)17(20)12-4-5-14-15(7-12)22-10-21-14/h4-5,7,9,13H,2-3,6,8,10H2,1H3/t13-/m0/s1. The first-order valence-corrected chi connectivity index (χ1v) is 8.69. The molecule has 6 heteroatoms. The van der Waals surface area contributed by atoms with Crippen LogP contribution in [-0.4, -0.2) is 35.7 Å². The minimum absolute atomic E-state index is 0.0567. The molecule has 1 amide bonds. The van der Waals surface area contributed by atoms with Crippen LogP contribution in [0, 0.1) is 6.92 Å². The molecule has 1 fully saturated rings. The van der Waals surface area contributed by atoms with E-state index in [0.717, 1.165) is 36.6 Å². The van der Waals surface area contributed by atoms with Crippen LogP contribution in [0.4, 0.5) is 0 Å². The van der Waals surface area contributed by atoms with Gasteiger partial charge >= 0.3 is 0 Å². The number of fused-ring (bicyclic) bond motifs is 1. The Morgan fingerprint density at radius 1 is 1.35 bits per heavy atom. The highest BCUT2D eigenvalue weighted by Crippen LogP contribution is 2.34. The Balaban J connectivity index is 1.51. The van der Waals surface area contributed by atoms with Gasteiger partial charge in [-0.3, -0.25) is 4.79 Å². The predicted molar refractivity (Wildman–Crippen MR) is 87.3 cm³/mol. The van der Waals surface area contributed by atoms with Crippen molar-refractivity contribution in [2.24, 2.45) is 0 Å². The van der Waals surface area contributed by atoms with Gasteiger partial charge in [0.05, 0.1) is 5.01 Å². The van der Waals surface area contributed by atoms with E-state index in [0.29, 0.717) is 23.0 Å². The summed E-state index contributed by atoms with van der Waals surface area (Å²) in [4.78, 5) is 19.3. The van der Waals surface area contributed by atoms with Crippen molar-refractivity contribution in [1.82, 2.24) is 9.88 Å². The Labute approximate surface area is 138 Å². The zero-order chi connectivity index (χ0) is 15.8. The second kappa shape index (κ2) is 5.85. The molecule has 2 aliphatic heterocycles. The number of aromatic nitrogens is 1. The maximum Gasteiger partial charge on any atom is 0.254 e. The molecule has 0 unspecified atom stereocenters. The molecule has 4 rings (SSSR count). The van der Waals surface area contributed by atoms with Gasteiger partial charge in [-0.05, 0) is 38.0 Å². The summed E-state index contributed by atoms with van der Waals surface area (Å²) in [6, 6.07) is 5.40. The lowest BCUT2D eigenvalue weighted by atomic mass is 9.98. The molecule has 0 spiro atoms. The van der Waals surface area contributed by atoms with E-state index in [9.17, 15) is 4.79 Å². The van der Waals surface area contributed by atoms with Crippen molar-refractivity contribution in [2.75, 3.05) is 19.9 Å². The number of carbonyl (C=O) groups excluding carboxylic acids is 1. The fourth-order valence-corrected chi connectivity index (χ4v) is 4.06. The molecule has 2 aromatic rings. The van der Waals surface area contributed by atoms with Crippen molar-refractivity contribution in [3.05, 3.63) is 39.8 Å². The maximum absolute atomic E-state index is 12.8. The summed E-state index contributed by atoms with van der Waals surface area (Å²) in [5, 5.41) is 3.22. The molecule has 1 aromatic carbocycles. The van der Waals surface area contributed by atoms with E-state index in [-0.39, 0.29) is 12.7 Å². The van der Waals surface area contributed by atoms with Crippen molar-refractivity contribution < 1.29 is 14.3 Å². The number of hydrogen-bond donors (Lipinski definition) is 0. The largest absolute Gasteiger partial charge is 0.454 e. The Bertz CT molecular complexity index is 743. The van der Waals surface area contributed by atoms with Crippen LogP contribution in [0.15, 0.2) is 23.6 Å². The highest BCUT2D eigenvalue weighted by Gasteiger charge is 2.28. The third-order valence-electron chi connectivity index (χ3n) is 4.31. The normalized spacial score (nSPS) is 19.9. The number of piperidine rings is 1. The molecule has 3 heterocycles. The molecule has 2 aliphatic rings. The fourth-order valence-electron chi connectivity index (χ4n) is 3.14. The lowest BCUT2D eigenvalue weighted by molar-refractivity contribution is 0.0706. The van der Waals surface area contributed by atoms with Crippen LogP contribution in [0.25, 0.3) is 0 Å². The lowest BCUT2D eigenvalue weighted by Gasteiger charge is -2.32. The average Bonchev–Trinajstić information content (AvgIpc) is 3.22. The number of hydrogen-bond acceptors (Lipinski definition) is 5. The molecule has 23 heavy (non-hydrogen) atoms. The second-order valence-corrected chi connectivity index (χ2v) is 6.88. The zero-order valence-corrected chi connectivity index (χ0v) is 13.8. The molecule has 0 bridgehead atoms. The van der Waals surface area contributed by atoms with Gasteiger partial charge in [0.1, 0.15) is 0 Å². The topological polar surface area (TPSA) is 51.7 Å². The Kier molecular flexibility index (Phi) is 3.69. The predicted octanol–water partition coefficient (Wildman–Crippen LogP) is 3.20. The van der Waals surface area contributed by atoms with E-state index in [2.05, 4.69) is 10.4 Å². The minimum atomic E-state index is 0.0567. The van der Waals surface area contributed by atoms with Gasteiger partial charge < -0.3 is 14.4 Å². The molecule has 0 radical (unpaired) electrons. The Morgan fingerprint density at radius 2 is 2.22 bits per heavy atom. The number of aryl methyl sites for hydroxylation is 1. The van der Waals surface area contributed by atoms with Gasteiger partial charge in [0, 0.05) is 35.6 Å². The molecule has 120 valence electrons. The molecule has 1 saturated heterocycles. The quantitative estimate of drug-likeness (QED) is 0.848. The first kappa shape index (κ1) is 14.5. The van der Waals surface area contributed by atoms with Crippen LogP contribution in [0.1, 0.15) is 39.8 Å². The first-order chi connectivity index (χ1) is 11.2. The number of thiazole rings is 1. The molecule has 0 saturated carbocycles. The van der Waals surface area contributed by atoms with Crippen LogP contribution in [-0.2, 0) is 0 Å². The van der Waals surface area contributed by atoms with Crippen LogP contribution in [0.2, 0.25) is 0 Å². The van der Waals surface area contributed by atoms with E-state index in [1.165, 1.54) is 0 Å². The number of benzene rings is 1. The van der Waals surface area contributed by atoms with E-state index in [4.69, 9.17) is 9.47 Å². The SMILES string of the molecule is Cc1csc([C@H]2CCCN(C(=O)c3ccc4c(c3)OCO4)C2)n1. The number of nitrogens with zero attached hydrogens (tertiary/aromatic N) is 2. The van der Waals surface area contributed by atoms with Gasteiger partial charge in [-0.25, -0.2) is 4.98 Å². The van der Waals surface area contributed by atoms with Crippen LogP contribution in [0.5, 0.6) is 11.5 Å². The lowest BCUT2D eigenvalue weighted by Crippen LogP contribution is -2.39. The van der Waals surface area contributed by atoms with Crippen LogP contribution < -0.4 is 9.47 Å². The second-order valence-electron chi connectivity index (χ2n) is 5.99. The molecule has 5 nitrogen and oxygen atoms in total. The monoisotopic (exact) mass is 330 g/mol. The summed E-state index contributed by atoms with van der Waals surface area (Å²) in [5.74, 6) is 1.76. The van der Waals surface area contributed by atoms with Gasteiger partial charge in [0.2, 0.25) is 6.79 Å². The highest BCUT2D eigenvalue weighted by atomic mass is 32.1. The number of rotatable bonds is 2. The number of likely N-dealkylation sites (tertiary alicyclic amines) is 1. The van der Waals surface area contributed by atoms with Crippen molar-refractivity contribution in [2.45, 2.75) is 25.7 Å². The summed E-state index contributed by atoms with van der Waals surface area (Å²) in [7, 11) is 0. The molecular formula is C17H18N2O3S. The first-order valence-electron chi connectivity index (χ1n) is 7.81. The van der Waals surface area contributed by atoms with E-state index in [1.807, 2.05) is 17.9 Å². The van der Waals surface area contributed by atoms with E-state index < -0.39 is 0 Å². The number of ether oxygens (including phenoxy) is 2. The van der Waals surface area contributed by atoms with Crippen molar-refractivity contribution >= 4 is 17.2 Å². The van der Waals surface area contributed by atoms with Gasteiger partial charge in [0.25, 0.3) is 5.91 Å². The van der Waals surface area contributed by atoms with Crippen LogP contribution in [0.3, 0.4) is 0 Å². The molecular weight excluding hydrogens is 312 g/mol. The maximum atomic E-state index is 12.8. The van der Waals surface area contributed by atoms with Gasteiger partial charge in [-0.2, -0.15) is 0 Å². The third-order valence-corrected chi connectivity index (χ3v) is 5.44. The average molecular weight is 330 g/mol. The van der Waals surface area contributed by atoms with Crippen molar-refractivity contribution in [3.8, 4) is 11.5 Å². The third kappa shape index (κ3) is 2.79. The smallest absolute Gasteiger partial charge is 0.254 e. The Hall–Kier alpha value is -2.08. The highest BCUT2D eigenvalue weighted by molar-refractivity contribution is 7.09. The van der Waals surface area contributed by atoms with Crippen molar-refractivity contribution in [3.63, 3.8) is 0 Å². The van der Waals surface area contributed by atoms with Crippen LogP contribution >= 0.6 is 11.3 Å².